The van der Waals surface area contributed by atoms with E-state index >= 15 is 0 Å². The maximum atomic E-state index is 12.1. The van der Waals surface area contributed by atoms with E-state index in [2.05, 4.69) is 23.5 Å². The highest BCUT2D eigenvalue weighted by atomic mass is 16.9. The molecule has 26 heavy (non-hydrogen) atoms. The molecule has 2 spiro atoms. The van der Waals surface area contributed by atoms with Crippen molar-refractivity contribution < 1.29 is 24.2 Å². The number of ether oxygens (including phenoxy) is 3. The molecule has 2 N–H and O–H groups in total. The lowest BCUT2D eigenvalue weighted by Crippen LogP contribution is -2.79. The number of aliphatic hydroxyl groups is 1. The standard InChI is InChI=1S/C19H24N2O5/c1-21-8-7-17-14-11-3-4-12(23-2)15(14)25-16(17)19(24-10-20-26-19)6-5-18(17,22)13(21)9-11/h3-4,13,16,20,22H,5-10H2,1-2H3/t13-,16-,17+,18?,19-/m1/s1. The van der Waals surface area contributed by atoms with Crippen LogP contribution in [0.5, 0.6) is 11.5 Å². The zero-order valence-corrected chi connectivity index (χ0v) is 15.1. The first-order valence-electron chi connectivity index (χ1n) is 9.40. The number of nitrogens with one attached hydrogen (secondary N) is 1. The van der Waals surface area contributed by atoms with Gasteiger partial charge in [0.15, 0.2) is 17.6 Å². The van der Waals surface area contributed by atoms with Crippen LogP contribution >= 0.6 is 0 Å². The van der Waals surface area contributed by atoms with Crippen molar-refractivity contribution in [2.45, 2.75) is 54.6 Å². The summed E-state index contributed by atoms with van der Waals surface area (Å²) in [5.41, 5.74) is 3.82. The number of hydroxylamine groups is 1. The maximum Gasteiger partial charge on any atom is 0.227 e. The lowest BCUT2D eigenvalue weighted by molar-refractivity contribution is -0.302. The van der Waals surface area contributed by atoms with Crippen LogP contribution < -0.4 is 15.0 Å². The Bertz CT molecular complexity index is 794. The monoisotopic (exact) mass is 360 g/mol. The third-order valence-corrected chi connectivity index (χ3v) is 7.56. The normalized spacial score (nSPS) is 45.5. The second-order valence-corrected chi connectivity index (χ2v) is 8.32. The fraction of sp³-hybridized carbons (Fsp3) is 0.684. The van der Waals surface area contributed by atoms with Crippen LogP contribution in [0.3, 0.4) is 0 Å². The lowest BCUT2D eigenvalue weighted by atomic mass is 9.48. The van der Waals surface area contributed by atoms with Crippen LogP contribution in [-0.2, 0) is 21.4 Å². The van der Waals surface area contributed by atoms with Crippen LogP contribution in [0.15, 0.2) is 12.1 Å². The zero-order chi connectivity index (χ0) is 17.7. The summed E-state index contributed by atoms with van der Waals surface area (Å²) in [6, 6.07) is 4.18. The molecule has 1 aromatic carbocycles. The van der Waals surface area contributed by atoms with E-state index in [-0.39, 0.29) is 6.04 Å². The summed E-state index contributed by atoms with van der Waals surface area (Å²) in [5.74, 6) is 0.607. The Morgan fingerprint density at radius 3 is 2.96 bits per heavy atom. The first-order valence-corrected chi connectivity index (χ1v) is 9.40. The topological polar surface area (TPSA) is 72.4 Å². The van der Waals surface area contributed by atoms with Gasteiger partial charge in [0, 0.05) is 18.0 Å². The predicted octanol–water partition coefficient (Wildman–Crippen LogP) is 0.684. The number of benzene rings is 1. The molecule has 0 radical (unpaired) electrons. The van der Waals surface area contributed by atoms with Crippen LogP contribution in [0.2, 0.25) is 0 Å². The molecule has 1 saturated carbocycles. The summed E-state index contributed by atoms with van der Waals surface area (Å²) >= 11 is 0. The highest BCUT2D eigenvalue weighted by molar-refractivity contribution is 5.63. The van der Waals surface area contributed by atoms with Crippen LogP contribution in [0.25, 0.3) is 0 Å². The quantitative estimate of drug-likeness (QED) is 0.763. The SMILES string of the molecule is COc1ccc2c3c1O[C@H]1[C@]4(CCC5(O)[C@@H](C2)N(C)CC[C@]315)OCNO4. The van der Waals surface area contributed by atoms with Gasteiger partial charge in [-0.2, -0.15) is 5.48 Å². The van der Waals surface area contributed by atoms with Gasteiger partial charge in [0.2, 0.25) is 5.79 Å². The van der Waals surface area contributed by atoms with Gasteiger partial charge in [-0.15, -0.1) is 0 Å². The number of hydrogen-bond acceptors (Lipinski definition) is 7. The molecule has 5 atom stereocenters. The average Bonchev–Trinajstić information content (AvgIpc) is 3.24. The summed E-state index contributed by atoms with van der Waals surface area (Å²) in [7, 11) is 3.78. The predicted molar refractivity (Wildman–Crippen MR) is 90.9 cm³/mol. The second-order valence-electron chi connectivity index (χ2n) is 8.32. The van der Waals surface area contributed by atoms with Gasteiger partial charge >= 0.3 is 0 Å². The highest BCUT2D eigenvalue weighted by Gasteiger charge is 2.77. The van der Waals surface area contributed by atoms with E-state index in [9.17, 15) is 5.11 Å². The van der Waals surface area contributed by atoms with Crippen molar-refractivity contribution in [3.63, 3.8) is 0 Å². The van der Waals surface area contributed by atoms with E-state index in [1.807, 2.05) is 6.07 Å². The molecule has 7 nitrogen and oxygen atoms in total. The minimum atomic E-state index is -0.870. The van der Waals surface area contributed by atoms with Gasteiger partial charge < -0.3 is 24.2 Å². The molecule has 7 heteroatoms. The minimum absolute atomic E-state index is 0.0703. The number of rotatable bonds is 1. The van der Waals surface area contributed by atoms with Crippen molar-refractivity contribution >= 4 is 0 Å². The van der Waals surface area contributed by atoms with Gasteiger partial charge in [-0.3, -0.25) is 4.84 Å². The van der Waals surface area contributed by atoms with E-state index in [0.29, 0.717) is 25.3 Å². The molecule has 6 rings (SSSR count). The third kappa shape index (κ3) is 1.48. The fourth-order valence-corrected chi connectivity index (χ4v) is 6.45. The Balaban J connectivity index is 1.66. The number of likely N-dealkylation sites (tertiary alicyclic amines) is 1. The van der Waals surface area contributed by atoms with Crippen LogP contribution in [0.4, 0.5) is 0 Å². The largest absolute Gasteiger partial charge is 0.493 e. The molecule has 3 aliphatic heterocycles. The van der Waals surface area contributed by atoms with E-state index in [1.54, 1.807) is 7.11 Å². The summed E-state index contributed by atoms with van der Waals surface area (Å²) < 4.78 is 18.2. The molecule has 3 heterocycles. The van der Waals surface area contributed by atoms with Gasteiger partial charge in [0.1, 0.15) is 6.73 Å². The van der Waals surface area contributed by atoms with Crippen molar-refractivity contribution in [2.24, 2.45) is 0 Å². The van der Waals surface area contributed by atoms with Crippen molar-refractivity contribution in [1.82, 2.24) is 10.4 Å². The van der Waals surface area contributed by atoms with Crippen molar-refractivity contribution in [3.8, 4) is 11.5 Å². The number of methoxy groups -OCH3 is 1. The number of likely N-dealkylation sites (N-methyl/N-ethyl adjacent to an activating group) is 1. The van der Waals surface area contributed by atoms with Crippen molar-refractivity contribution in [1.29, 1.82) is 0 Å². The molecule has 2 aliphatic carbocycles. The molecule has 2 saturated heterocycles. The Labute approximate surface area is 152 Å². The third-order valence-electron chi connectivity index (χ3n) is 7.56. The van der Waals surface area contributed by atoms with Gasteiger partial charge in [-0.25, -0.2) is 0 Å². The molecule has 1 aromatic rings. The lowest BCUT2D eigenvalue weighted by Gasteiger charge is -2.64. The van der Waals surface area contributed by atoms with Crippen molar-refractivity contribution in [3.05, 3.63) is 23.3 Å². The maximum absolute atomic E-state index is 12.1. The molecule has 140 valence electrons. The Hall–Kier alpha value is -1.38. The first kappa shape index (κ1) is 15.7. The molecule has 3 fully saturated rings. The summed E-state index contributed by atoms with van der Waals surface area (Å²) in [5, 5.41) is 12.1. The smallest absolute Gasteiger partial charge is 0.227 e. The van der Waals surface area contributed by atoms with Gasteiger partial charge in [-0.05, 0) is 44.5 Å². The van der Waals surface area contributed by atoms with Crippen molar-refractivity contribution in [2.75, 3.05) is 27.4 Å². The second kappa shape index (κ2) is 4.72. The van der Waals surface area contributed by atoms with E-state index in [4.69, 9.17) is 19.0 Å². The number of hydrogen-bond donors (Lipinski definition) is 2. The minimum Gasteiger partial charge on any atom is -0.493 e. The van der Waals surface area contributed by atoms with E-state index in [0.717, 1.165) is 30.7 Å². The first-order chi connectivity index (χ1) is 12.6. The summed E-state index contributed by atoms with van der Waals surface area (Å²) in [6.07, 6.45) is 2.45. The Morgan fingerprint density at radius 1 is 1.31 bits per heavy atom. The Kier molecular flexibility index (Phi) is 2.84. The van der Waals surface area contributed by atoms with Gasteiger partial charge in [0.25, 0.3) is 0 Å². The molecule has 1 unspecified atom stereocenters. The molecule has 0 amide bonds. The van der Waals surface area contributed by atoms with Gasteiger partial charge in [-0.1, -0.05) is 6.07 Å². The summed E-state index contributed by atoms with van der Waals surface area (Å²) in [4.78, 5) is 8.21. The van der Waals surface area contributed by atoms with Crippen LogP contribution in [-0.4, -0.2) is 61.0 Å². The number of fused-ring (bicyclic) bond motifs is 1. The summed E-state index contributed by atoms with van der Waals surface area (Å²) in [6.45, 7) is 1.24. The van der Waals surface area contributed by atoms with E-state index < -0.39 is 22.9 Å². The number of nitrogens with zero attached hydrogens (tertiary/aromatic N) is 1. The molecular formula is C19H24N2O5. The molecular weight excluding hydrogens is 336 g/mol. The Morgan fingerprint density at radius 2 is 2.19 bits per heavy atom. The van der Waals surface area contributed by atoms with Crippen LogP contribution in [0, 0.1) is 0 Å². The van der Waals surface area contributed by atoms with Gasteiger partial charge in [0.05, 0.1) is 18.1 Å². The molecule has 5 aliphatic rings. The highest BCUT2D eigenvalue weighted by Crippen LogP contribution is 2.67. The fourth-order valence-electron chi connectivity index (χ4n) is 6.45. The van der Waals surface area contributed by atoms with E-state index in [1.165, 1.54) is 5.56 Å². The average molecular weight is 360 g/mol. The molecule has 2 bridgehead atoms. The number of piperidine rings is 1. The van der Waals surface area contributed by atoms with Crippen LogP contribution in [0.1, 0.15) is 30.4 Å². The zero-order valence-electron chi connectivity index (χ0n) is 15.1. The molecule has 0 aromatic heterocycles.